The normalized spacial score (nSPS) is 13.3. The molecule has 3 rings (SSSR count). The van der Waals surface area contributed by atoms with Crippen molar-refractivity contribution in [3.8, 4) is 5.88 Å². The van der Waals surface area contributed by atoms with Gasteiger partial charge in [0.05, 0.1) is 18.8 Å². The predicted molar refractivity (Wildman–Crippen MR) is 110 cm³/mol. The zero-order valence-corrected chi connectivity index (χ0v) is 17.7. The van der Waals surface area contributed by atoms with Crippen LogP contribution in [0.4, 0.5) is 5.69 Å². The van der Waals surface area contributed by atoms with E-state index in [0.29, 0.717) is 24.7 Å². The minimum absolute atomic E-state index is 0.199. The van der Waals surface area contributed by atoms with E-state index in [1.165, 1.54) is 4.68 Å². The maximum atomic E-state index is 12.3. The summed E-state index contributed by atoms with van der Waals surface area (Å²) in [4.78, 5) is 17.8. The van der Waals surface area contributed by atoms with Crippen LogP contribution >= 0.6 is 11.3 Å². The highest BCUT2D eigenvalue weighted by Gasteiger charge is 2.18. The molecule has 0 aliphatic carbocycles. The first-order valence-electron chi connectivity index (χ1n) is 9.19. The van der Waals surface area contributed by atoms with Gasteiger partial charge in [-0.2, -0.15) is 5.10 Å². The quantitative estimate of drug-likeness (QED) is 0.623. The van der Waals surface area contributed by atoms with Gasteiger partial charge in [0.2, 0.25) is 5.88 Å². The van der Waals surface area contributed by atoms with Gasteiger partial charge in [0.1, 0.15) is 10.7 Å². The first-order valence-corrected chi connectivity index (χ1v) is 10.0. The molecule has 1 N–H and O–H groups in total. The van der Waals surface area contributed by atoms with Gasteiger partial charge < -0.3 is 10.1 Å². The van der Waals surface area contributed by atoms with Gasteiger partial charge in [0.15, 0.2) is 0 Å². The molecular formula is C19H26N6O2S. The second-order valence-corrected chi connectivity index (χ2v) is 8.35. The van der Waals surface area contributed by atoms with E-state index in [2.05, 4.69) is 34.3 Å². The number of aromatic nitrogens is 5. The Hall–Kier alpha value is -2.68. The number of nitrogens with zero attached hydrogens (tertiary/aromatic N) is 5. The molecule has 3 heterocycles. The largest absolute Gasteiger partial charge is 0.476 e. The molecule has 2 atom stereocenters. The molecular weight excluding hydrogens is 376 g/mol. The van der Waals surface area contributed by atoms with E-state index in [1.54, 1.807) is 29.1 Å². The van der Waals surface area contributed by atoms with Gasteiger partial charge in [0.25, 0.3) is 5.56 Å². The molecule has 3 aromatic rings. The summed E-state index contributed by atoms with van der Waals surface area (Å²) >= 11 is 1.60. The van der Waals surface area contributed by atoms with E-state index < -0.39 is 0 Å². The van der Waals surface area contributed by atoms with Gasteiger partial charge in [-0.05, 0) is 18.9 Å². The lowest BCUT2D eigenvalue weighted by molar-refractivity contribution is 0.227. The number of aryl methyl sites for hydroxylation is 3. The van der Waals surface area contributed by atoms with Crippen LogP contribution in [0, 0.1) is 12.8 Å². The van der Waals surface area contributed by atoms with Crippen LogP contribution in [0.25, 0.3) is 0 Å². The fraction of sp³-hybridized carbons (Fsp3) is 0.474. The highest BCUT2D eigenvalue weighted by atomic mass is 32.1. The molecule has 1 unspecified atom stereocenters. The van der Waals surface area contributed by atoms with Crippen LogP contribution in [-0.4, -0.2) is 31.2 Å². The fourth-order valence-corrected chi connectivity index (χ4v) is 3.49. The number of thiazole rings is 1. The van der Waals surface area contributed by atoms with Crippen molar-refractivity contribution in [2.75, 3.05) is 11.9 Å². The maximum Gasteiger partial charge on any atom is 0.290 e. The van der Waals surface area contributed by atoms with E-state index in [0.717, 1.165) is 15.6 Å². The Morgan fingerprint density at radius 2 is 2.07 bits per heavy atom. The second kappa shape index (κ2) is 8.55. The van der Waals surface area contributed by atoms with Crippen LogP contribution in [-0.2, 0) is 20.6 Å². The Labute approximate surface area is 168 Å². The van der Waals surface area contributed by atoms with Crippen molar-refractivity contribution < 1.29 is 4.74 Å². The summed E-state index contributed by atoms with van der Waals surface area (Å²) in [5.74, 6) is 0.906. The third-order valence-electron chi connectivity index (χ3n) is 4.69. The van der Waals surface area contributed by atoms with Gasteiger partial charge in [-0.25, -0.2) is 9.67 Å². The van der Waals surface area contributed by atoms with Crippen LogP contribution < -0.4 is 15.6 Å². The first kappa shape index (κ1) is 20.1. The first-order chi connectivity index (χ1) is 13.3. The summed E-state index contributed by atoms with van der Waals surface area (Å²) in [5.41, 5.74) is 1.29. The third kappa shape index (κ3) is 4.78. The molecule has 0 aliphatic rings. The summed E-state index contributed by atoms with van der Waals surface area (Å²) in [6, 6.07) is 3.68. The van der Waals surface area contributed by atoms with Crippen LogP contribution in [0.2, 0.25) is 0 Å². The van der Waals surface area contributed by atoms with E-state index in [4.69, 9.17) is 4.74 Å². The third-order valence-corrected chi connectivity index (χ3v) is 5.60. The number of nitrogens with one attached hydrogen (secondary N) is 1. The van der Waals surface area contributed by atoms with Crippen molar-refractivity contribution in [1.29, 1.82) is 0 Å². The van der Waals surface area contributed by atoms with Crippen molar-refractivity contribution in [3.05, 3.63) is 50.5 Å². The lowest BCUT2D eigenvalue weighted by atomic mass is 9.94. The molecule has 150 valence electrons. The van der Waals surface area contributed by atoms with Crippen LogP contribution in [0.1, 0.15) is 35.3 Å². The number of rotatable bonds is 8. The van der Waals surface area contributed by atoms with E-state index in [9.17, 15) is 4.79 Å². The Bertz CT molecular complexity index is 992. The molecule has 0 spiro atoms. The minimum Gasteiger partial charge on any atom is -0.476 e. The molecule has 3 aromatic heterocycles. The fourth-order valence-electron chi connectivity index (χ4n) is 2.76. The number of ether oxygens (including phenoxy) is 1. The van der Waals surface area contributed by atoms with Crippen molar-refractivity contribution in [2.24, 2.45) is 20.0 Å². The Morgan fingerprint density at radius 1 is 1.29 bits per heavy atom. The summed E-state index contributed by atoms with van der Waals surface area (Å²) < 4.78 is 8.98. The Kier molecular flexibility index (Phi) is 6.13. The summed E-state index contributed by atoms with van der Waals surface area (Å²) in [6.45, 7) is 7.23. The van der Waals surface area contributed by atoms with Crippen LogP contribution in [0.3, 0.4) is 0 Å². The smallest absolute Gasteiger partial charge is 0.290 e. The van der Waals surface area contributed by atoms with Crippen molar-refractivity contribution >= 4 is 17.0 Å². The molecule has 0 aromatic carbocycles. The van der Waals surface area contributed by atoms with E-state index >= 15 is 0 Å². The van der Waals surface area contributed by atoms with Gasteiger partial charge in [0, 0.05) is 43.4 Å². The molecule has 0 amide bonds. The summed E-state index contributed by atoms with van der Waals surface area (Å²) in [6.07, 6.45) is 3.76. The number of anilines is 1. The molecule has 0 aliphatic heterocycles. The van der Waals surface area contributed by atoms with Gasteiger partial charge in [-0.3, -0.25) is 9.48 Å². The molecule has 0 fully saturated rings. The molecule has 0 bridgehead atoms. The van der Waals surface area contributed by atoms with Crippen LogP contribution in [0.15, 0.2) is 29.3 Å². The van der Waals surface area contributed by atoms with E-state index in [-0.39, 0.29) is 17.4 Å². The standard InChI is InChI=1S/C19H26N6O2S/c1-12(14(3)15-6-7-24(4)22-15)11-27-17-8-16(19(26)25(5)23-17)20-10-18-21-9-13(2)28-18/h6-9,12,14,20H,10-11H2,1-5H3/t12?,14-/m0/s1. The predicted octanol–water partition coefficient (Wildman–Crippen LogP) is 2.71. The minimum atomic E-state index is -0.199. The average Bonchev–Trinajstić information content (AvgIpc) is 3.28. The SMILES string of the molecule is Cc1cnc(CNc2cc(OCC(C)[C@H](C)c3ccn(C)n3)nn(C)c2=O)s1. The van der Waals surface area contributed by atoms with Gasteiger partial charge >= 0.3 is 0 Å². The summed E-state index contributed by atoms with van der Waals surface area (Å²) in [7, 11) is 3.53. The van der Waals surface area contributed by atoms with Crippen LogP contribution in [0.5, 0.6) is 5.88 Å². The van der Waals surface area contributed by atoms with Crippen molar-refractivity contribution in [2.45, 2.75) is 33.2 Å². The topological polar surface area (TPSA) is 86.9 Å². The molecule has 0 saturated carbocycles. The van der Waals surface area contributed by atoms with Gasteiger partial charge in [-0.1, -0.05) is 13.8 Å². The molecule has 0 radical (unpaired) electrons. The molecule has 9 heteroatoms. The molecule has 8 nitrogen and oxygen atoms in total. The number of hydrogen-bond acceptors (Lipinski definition) is 7. The maximum absolute atomic E-state index is 12.3. The molecule has 0 saturated heterocycles. The highest BCUT2D eigenvalue weighted by Crippen LogP contribution is 2.23. The molecule has 28 heavy (non-hydrogen) atoms. The van der Waals surface area contributed by atoms with Gasteiger partial charge in [-0.15, -0.1) is 16.4 Å². The highest BCUT2D eigenvalue weighted by molar-refractivity contribution is 7.11. The average molecular weight is 403 g/mol. The lowest BCUT2D eigenvalue weighted by Crippen LogP contribution is -2.24. The zero-order chi connectivity index (χ0) is 20.3. The van der Waals surface area contributed by atoms with E-state index in [1.807, 2.05) is 32.4 Å². The van der Waals surface area contributed by atoms with Crippen molar-refractivity contribution in [3.63, 3.8) is 0 Å². The zero-order valence-electron chi connectivity index (χ0n) is 16.8. The monoisotopic (exact) mass is 402 g/mol. The Balaban J connectivity index is 1.65. The summed E-state index contributed by atoms with van der Waals surface area (Å²) in [5, 5.41) is 12.7. The van der Waals surface area contributed by atoms with Crippen molar-refractivity contribution in [1.82, 2.24) is 24.5 Å². The lowest BCUT2D eigenvalue weighted by Gasteiger charge is -2.18. The number of hydrogen-bond donors (Lipinski definition) is 1. The Morgan fingerprint density at radius 3 is 2.71 bits per heavy atom. The second-order valence-electron chi connectivity index (χ2n) is 7.03.